The van der Waals surface area contributed by atoms with Crippen LogP contribution in [0.5, 0.6) is 0 Å². The number of rotatable bonds is 8. The second kappa shape index (κ2) is 13.4. The van der Waals surface area contributed by atoms with Crippen molar-refractivity contribution in [2.45, 2.75) is 19.3 Å². The molecule has 0 aromatic heterocycles. The first-order valence-corrected chi connectivity index (χ1v) is 17.4. The van der Waals surface area contributed by atoms with Crippen molar-refractivity contribution in [1.82, 2.24) is 0 Å². The lowest BCUT2D eigenvalue weighted by Crippen LogP contribution is -2.18. The molecule has 0 amide bonds. The van der Waals surface area contributed by atoms with E-state index in [4.69, 9.17) is 0 Å². The molecule has 0 aliphatic carbocycles. The Bertz CT molecular complexity index is 2270. The Labute approximate surface area is 295 Å². The van der Waals surface area contributed by atoms with Gasteiger partial charge in [0.25, 0.3) is 0 Å². The molecule has 1 nitrogen and oxygen atoms in total. The summed E-state index contributed by atoms with van der Waals surface area (Å²) in [6.07, 6.45) is 0. The third-order valence-electron chi connectivity index (χ3n) is 10.00. The predicted octanol–water partition coefficient (Wildman–Crippen LogP) is 13.6. The Morgan fingerprint density at radius 1 is 0.340 bits per heavy atom. The minimum Gasteiger partial charge on any atom is -0.310 e. The highest BCUT2D eigenvalue weighted by atomic mass is 15.1. The molecular formula is C49H39N. The van der Waals surface area contributed by atoms with Crippen molar-refractivity contribution in [2.24, 2.45) is 0 Å². The maximum atomic E-state index is 2.39. The molecule has 0 aliphatic rings. The molecule has 0 saturated carbocycles. The average molecular weight is 642 g/mol. The second-order valence-electron chi connectivity index (χ2n) is 13.4. The van der Waals surface area contributed by atoms with E-state index in [0.29, 0.717) is 0 Å². The molecule has 0 N–H and O–H groups in total. The normalized spacial score (nSPS) is 11.4. The Morgan fingerprint density at radius 2 is 0.780 bits per heavy atom. The fourth-order valence-electron chi connectivity index (χ4n) is 7.12. The summed E-state index contributed by atoms with van der Waals surface area (Å²) in [4.78, 5) is 2.39. The molecular weight excluding hydrogens is 603 g/mol. The summed E-state index contributed by atoms with van der Waals surface area (Å²) in [5.74, 6) is 0. The quantitative estimate of drug-likeness (QED) is 0.160. The van der Waals surface area contributed by atoms with Gasteiger partial charge in [-0.3, -0.25) is 0 Å². The lowest BCUT2D eigenvalue weighted by Gasteiger charge is -2.28. The molecule has 0 fully saturated rings. The Hall–Kier alpha value is -6.18. The van der Waals surface area contributed by atoms with Crippen molar-refractivity contribution in [1.29, 1.82) is 0 Å². The molecule has 0 radical (unpaired) electrons. The van der Waals surface area contributed by atoms with Gasteiger partial charge in [-0.2, -0.15) is 0 Å². The zero-order valence-electron chi connectivity index (χ0n) is 28.5. The first-order valence-electron chi connectivity index (χ1n) is 17.4. The van der Waals surface area contributed by atoms with E-state index in [1.807, 2.05) is 0 Å². The van der Waals surface area contributed by atoms with Crippen LogP contribution in [0.15, 0.2) is 200 Å². The van der Waals surface area contributed by atoms with Crippen LogP contribution < -0.4 is 4.90 Å². The molecule has 8 aromatic rings. The van der Waals surface area contributed by atoms with Crippen molar-refractivity contribution < 1.29 is 0 Å². The number of nitrogens with zero attached hydrogens (tertiary/aromatic N) is 1. The van der Waals surface area contributed by atoms with Crippen LogP contribution in [0.2, 0.25) is 0 Å². The number of benzene rings is 8. The van der Waals surface area contributed by atoms with Crippen LogP contribution >= 0.6 is 0 Å². The minimum atomic E-state index is -0.123. The molecule has 0 heterocycles. The van der Waals surface area contributed by atoms with Gasteiger partial charge < -0.3 is 4.90 Å². The van der Waals surface area contributed by atoms with Crippen LogP contribution in [0.3, 0.4) is 0 Å². The van der Waals surface area contributed by atoms with Crippen molar-refractivity contribution in [2.75, 3.05) is 4.90 Å². The van der Waals surface area contributed by atoms with Crippen LogP contribution in [0.25, 0.3) is 44.2 Å². The van der Waals surface area contributed by atoms with E-state index >= 15 is 0 Å². The van der Waals surface area contributed by atoms with Gasteiger partial charge in [0.2, 0.25) is 0 Å². The molecule has 0 spiro atoms. The van der Waals surface area contributed by atoms with Gasteiger partial charge in [-0.1, -0.05) is 184 Å². The van der Waals surface area contributed by atoms with Gasteiger partial charge in [0.05, 0.1) is 5.69 Å². The molecule has 0 aliphatic heterocycles. The van der Waals surface area contributed by atoms with Crippen LogP contribution in [-0.4, -0.2) is 0 Å². The molecule has 8 aromatic carbocycles. The van der Waals surface area contributed by atoms with E-state index in [1.54, 1.807) is 0 Å². The van der Waals surface area contributed by atoms with E-state index < -0.39 is 0 Å². The van der Waals surface area contributed by atoms with Gasteiger partial charge in [0.15, 0.2) is 0 Å². The Kier molecular flexibility index (Phi) is 8.32. The third-order valence-corrected chi connectivity index (χ3v) is 10.00. The number of hydrogen-bond acceptors (Lipinski definition) is 1. The first kappa shape index (κ1) is 31.1. The fourth-order valence-corrected chi connectivity index (χ4v) is 7.12. The number of anilines is 3. The van der Waals surface area contributed by atoms with Gasteiger partial charge in [0, 0.05) is 22.2 Å². The van der Waals surface area contributed by atoms with Crippen LogP contribution in [0.4, 0.5) is 17.1 Å². The largest absolute Gasteiger partial charge is 0.310 e. The lowest BCUT2D eigenvalue weighted by atomic mass is 9.77. The summed E-state index contributed by atoms with van der Waals surface area (Å²) in [7, 11) is 0. The highest BCUT2D eigenvalue weighted by Gasteiger charge is 2.24. The summed E-state index contributed by atoms with van der Waals surface area (Å²) < 4.78 is 0. The maximum Gasteiger partial charge on any atom is 0.0540 e. The van der Waals surface area contributed by atoms with E-state index in [-0.39, 0.29) is 5.41 Å². The number of hydrogen-bond donors (Lipinski definition) is 0. The van der Waals surface area contributed by atoms with Gasteiger partial charge in [-0.05, 0) is 80.2 Å². The van der Waals surface area contributed by atoms with Gasteiger partial charge >= 0.3 is 0 Å². The highest BCUT2D eigenvalue weighted by Crippen LogP contribution is 2.43. The monoisotopic (exact) mass is 641 g/mol. The topological polar surface area (TPSA) is 3.24 Å². The summed E-state index contributed by atoms with van der Waals surface area (Å²) in [6.45, 7) is 4.62. The van der Waals surface area contributed by atoms with Crippen LogP contribution in [-0.2, 0) is 5.41 Å². The fraction of sp³-hybridized carbons (Fsp3) is 0.0612. The van der Waals surface area contributed by atoms with Crippen molar-refractivity contribution >= 4 is 27.8 Å². The minimum absolute atomic E-state index is 0.123. The smallest absolute Gasteiger partial charge is 0.0540 e. The second-order valence-corrected chi connectivity index (χ2v) is 13.4. The molecule has 0 unspecified atom stereocenters. The molecule has 0 saturated heterocycles. The van der Waals surface area contributed by atoms with E-state index in [2.05, 4.69) is 219 Å². The standard InChI is InChI=1S/C49H39N/c1-49(2,41-20-10-5-11-21-41)42-22-14-19-40(35-42)45-33-34-48(47-24-13-12-23-46(45)47)50(43-29-25-38(26-30-43)36-15-6-3-7-16-36)44-31-27-39(28-32-44)37-17-8-4-9-18-37/h3-35H,1-2H3. The molecule has 8 rings (SSSR count). The predicted molar refractivity (Wildman–Crippen MR) is 214 cm³/mol. The maximum absolute atomic E-state index is 2.39. The molecule has 0 bridgehead atoms. The van der Waals surface area contributed by atoms with Gasteiger partial charge in [-0.15, -0.1) is 0 Å². The molecule has 50 heavy (non-hydrogen) atoms. The molecule has 240 valence electrons. The molecule has 0 atom stereocenters. The van der Waals surface area contributed by atoms with Crippen molar-refractivity contribution in [3.63, 3.8) is 0 Å². The average Bonchev–Trinajstić information content (AvgIpc) is 3.19. The zero-order chi connectivity index (χ0) is 33.9. The number of fused-ring (bicyclic) bond motifs is 1. The van der Waals surface area contributed by atoms with E-state index in [1.165, 1.54) is 55.3 Å². The SMILES string of the molecule is CC(C)(c1ccccc1)c1cccc(-c2ccc(N(c3ccc(-c4ccccc4)cc3)c3ccc(-c4ccccc4)cc3)c3ccccc23)c1. The van der Waals surface area contributed by atoms with Crippen molar-refractivity contribution in [3.05, 3.63) is 211 Å². The van der Waals surface area contributed by atoms with Crippen molar-refractivity contribution in [3.8, 4) is 33.4 Å². The Balaban J connectivity index is 1.25. The summed E-state index contributed by atoms with van der Waals surface area (Å²) in [5, 5.41) is 2.43. The van der Waals surface area contributed by atoms with Crippen LogP contribution in [0, 0.1) is 0 Å². The van der Waals surface area contributed by atoms with Gasteiger partial charge in [0.1, 0.15) is 0 Å². The lowest BCUT2D eigenvalue weighted by molar-refractivity contribution is 0.641. The summed E-state index contributed by atoms with van der Waals surface area (Å²) in [6, 6.07) is 72.3. The van der Waals surface area contributed by atoms with E-state index in [0.717, 1.165) is 17.1 Å². The third kappa shape index (κ3) is 5.99. The first-order chi connectivity index (χ1) is 24.6. The highest BCUT2D eigenvalue weighted by molar-refractivity contribution is 6.06. The van der Waals surface area contributed by atoms with Crippen LogP contribution in [0.1, 0.15) is 25.0 Å². The summed E-state index contributed by atoms with van der Waals surface area (Å²) in [5.41, 5.74) is 13.1. The molecule has 1 heteroatoms. The van der Waals surface area contributed by atoms with E-state index in [9.17, 15) is 0 Å². The summed E-state index contributed by atoms with van der Waals surface area (Å²) >= 11 is 0. The Morgan fingerprint density at radius 3 is 1.34 bits per heavy atom. The van der Waals surface area contributed by atoms with Gasteiger partial charge in [-0.25, -0.2) is 0 Å². The zero-order valence-corrected chi connectivity index (χ0v) is 28.5.